The monoisotopic (exact) mass is 899 g/mol. The van der Waals surface area contributed by atoms with Gasteiger partial charge in [0.1, 0.15) is 13.2 Å². The molecule has 6 heteroatoms. The second kappa shape index (κ2) is 52.4. The van der Waals surface area contributed by atoms with E-state index in [9.17, 15) is 14.4 Å². The van der Waals surface area contributed by atoms with Gasteiger partial charge < -0.3 is 14.2 Å². The average molecular weight is 899 g/mol. The Hall–Kier alpha value is -4.19. The maximum atomic E-state index is 12.8. The van der Waals surface area contributed by atoms with Gasteiger partial charge in [0.2, 0.25) is 0 Å². The molecule has 0 saturated carbocycles. The van der Waals surface area contributed by atoms with Crippen molar-refractivity contribution in [1.82, 2.24) is 0 Å². The Bertz CT molecular complexity index is 1400. The summed E-state index contributed by atoms with van der Waals surface area (Å²) in [5, 5.41) is 0. The van der Waals surface area contributed by atoms with E-state index < -0.39 is 6.10 Å². The van der Waals surface area contributed by atoms with Crippen LogP contribution >= 0.6 is 0 Å². The van der Waals surface area contributed by atoms with Crippen LogP contribution < -0.4 is 0 Å². The Kier molecular flexibility index (Phi) is 49.1. The van der Waals surface area contributed by atoms with E-state index in [-0.39, 0.29) is 37.5 Å². The Morgan fingerprint density at radius 3 is 1.05 bits per heavy atom. The molecular weight excluding hydrogens is 805 g/mol. The quantitative estimate of drug-likeness (QED) is 0.0262. The van der Waals surface area contributed by atoms with E-state index in [4.69, 9.17) is 14.2 Å². The highest BCUT2D eigenvalue weighted by Gasteiger charge is 2.19. The lowest BCUT2D eigenvalue weighted by atomic mass is 10.1. The van der Waals surface area contributed by atoms with E-state index in [1.807, 2.05) is 0 Å². The van der Waals surface area contributed by atoms with Gasteiger partial charge in [0, 0.05) is 19.3 Å². The average Bonchev–Trinajstić information content (AvgIpc) is 3.30. The molecule has 0 aliphatic carbocycles. The third kappa shape index (κ3) is 50.7. The lowest BCUT2D eigenvalue weighted by Gasteiger charge is -2.18. The van der Waals surface area contributed by atoms with Gasteiger partial charge in [-0.3, -0.25) is 14.4 Å². The van der Waals surface area contributed by atoms with Gasteiger partial charge in [-0.15, -0.1) is 0 Å². The standard InChI is InChI=1S/C59H94O6/c1-4-7-10-13-16-19-22-25-28-29-32-34-37-40-43-46-49-52-58(61)64-55-56(65-59(62)53-50-47-44-41-38-35-31-27-24-21-18-15-12-9-6-3)54-63-57(60)51-48-45-42-39-36-33-30-26-23-20-17-14-11-8-5-2/h7-8,10-11,16-17,19-21,24-26,28,30,32,34,36,39-40,43,56H,4-6,9,12-15,18,22-23,27,29,31,33,35,37-38,41-42,44-55H2,1-3H3/b10-7-,11-8-,19-16-,20-17-,24-21-,28-25-,30-26-,34-32-,39-36-,43-40-/t56-/m0/s1. The van der Waals surface area contributed by atoms with E-state index in [0.29, 0.717) is 25.7 Å². The normalized spacial score (nSPS) is 13.1. The first-order valence-electron chi connectivity index (χ1n) is 26.0. The number of hydrogen-bond acceptors (Lipinski definition) is 6. The van der Waals surface area contributed by atoms with E-state index in [0.717, 1.165) is 96.3 Å². The predicted octanol–water partition coefficient (Wildman–Crippen LogP) is 17.3. The Morgan fingerprint density at radius 1 is 0.323 bits per heavy atom. The summed E-state index contributed by atoms with van der Waals surface area (Å²) in [6.07, 6.45) is 71.9. The van der Waals surface area contributed by atoms with E-state index in [1.54, 1.807) is 0 Å². The first kappa shape index (κ1) is 60.8. The van der Waals surface area contributed by atoms with Crippen LogP contribution in [0, 0.1) is 0 Å². The van der Waals surface area contributed by atoms with Crippen molar-refractivity contribution in [1.29, 1.82) is 0 Å². The summed E-state index contributed by atoms with van der Waals surface area (Å²) in [6.45, 7) is 6.29. The number of carbonyl (C=O) groups is 3. The topological polar surface area (TPSA) is 78.9 Å². The van der Waals surface area contributed by atoms with Gasteiger partial charge in [-0.2, -0.15) is 0 Å². The number of hydrogen-bond donors (Lipinski definition) is 0. The van der Waals surface area contributed by atoms with Gasteiger partial charge >= 0.3 is 17.9 Å². The summed E-state index contributed by atoms with van der Waals surface area (Å²) in [5.74, 6) is -1.03. The van der Waals surface area contributed by atoms with Gasteiger partial charge in [0.25, 0.3) is 0 Å². The second-order valence-electron chi connectivity index (χ2n) is 16.7. The zero-order valence-electron chi connectivity index (χ0n) is 41.7. The van der Waals surface area contributed by atoms with Crippen molar-refractivity contribution < 1.29 is 28.6 Å². The van der Waals surface area contributed by atoms with Crippen LogP contribution in [0.1, 0.15) is 213 Å². The van der Waals surface area contributed by atoms with Crippen LogP contribution in [0.4, 0.5) is 0 Å². The molecule has 0 rings (SSSR count). The highest BCUT2D eigenvalue weighted by Crippen LogP contribution is 2.13. The summed E-state index contributed by atoms with van der Waals surface area (Å²) in [7, 11) is 0. The molecule has 0 N–H and O–H groups in total. The van der Waals surface area contributed by atoms with Gasteiger partial charge in [0.15, 0.2) is 6.10 Å². The van der Waals surface area contributed by atoms with Crippen LogP contribution in [0.25, 0.3) is 0 Å². The predicted molar refractivity (Wildman–Crippen MR) is 279 cm³/mol. The van der Waals surface area contributed by atoms with Crippen LogP contribution in [0.15, 0.2) is 122 Å². The van der Waals surface area contributed by atoms with Crippen LogP contribution in [0.2, 0.25) is 0 Å². The van der Waals surface area contributed by atoms with Gasteiger partial charge in [-0.05, 0) is 122 Å². The third-order valence-corrected chi connectivity index (χ3v) is 10.4. The van der Waals surface area contributed by atoms with Gasteiger partial charge in [-0.25, -0.2) is 0 Å². The Balaban J connectivity index is 4.57. The summed E-state index contributed by atoms with van der Waals surface area (Å²) in [5.41, 5.74) is 0. The molecular formula is C59H94O6. The fourth-order valence-corrected chi connectivity index (χ4v) is 6.58. The molecule has 0 aromatic carbocycles. The maximum absolute atomic E-state index is 12.8. The largest absolute Gasteiger partial charge is 0.462 e. The number of rotatable bonds is 45. The number of ether oxygens (including phenoxy) is 3. The molecule has 366 valence electrons. The Morgan fingerprint density at radius 2 is 0.615 bits per heavy atom. The van der Waals surface area contributed by atoms with Crippen molar-refractivity contribution in [2.24, 2.45) is 0 Å². The van der Waals surface area contributed by atoms with E-state index in [1.165, 1.54) is 64.2 Å². The summed E-state index contributed by atoms with van der Waals surface area (Å²) >= 11 is 0. The molecule has 0 spiro atoms. The molecule has 0 aliphatic rings. The number of carbonyl (C=O) groups excluding carboxylic acids is 3. The Labute approximate surface area is 399 Å². The lowest BCUT2D eigenvalue weighted by Crippen LogP contribution is -2.30. The molecule has 0 amide bonds. The highest BCUT2D eigenvalue weighted by atomic mass is 16.6. The number of esters is 3. The number of unbranched alkanes of at least 4 members (excludes halogenated alkanes) is 14. The molecule has 6 nitrogen and oxygen atoms in total. The summed E-state index contributed by atoms with van der Waals surface area (Å²) in [4.78, 5) is 38.0. The van der Waals surface area contributed by atoms with E-state index in [2.05, 4.69) is 142 Å². The van der Waals surface area contributed by atoms with Crippen molar-refractivity contribution in [2.75, 3.05) is 13.2 Å². The van der Waals surface area contributed by atoms with Crippen LogP contribution in [0.3, 0.4) is 0 Å². The first-order valence-corrected chi connectivity index (χ1v) is 26.0. The maximum Gasteiger partial charge on any atom is 0.306 e. The molecule has 0 radical (unpaired) electrons. The molecule has 0 aromatic heterocycles. The summed E-state index contributed by atoms with van der Waals surface area (Å²) < 4.78 is 16.7. The van der Waals surface area contributed by atoms with Crippen LogP contribution in [0.5, 0.6) is 0 Å². The fourth-order valence-electron chi connectivity index (χ4n) is 6.58. The SMILES string of the molecule is CC/C=C\C/C=C\C/C=C\C/C=C\C/C=C\CCCC(=O)OC[C@H](COC(=O)CCCC/C=C\C/C=C\C/C=C\C/C=C\CC)OC(=O)CCCCCCCCC/C=C\CCCCCC. The molecule has 0 aromatic rings. The minimum atomic E-state index is -0.823. The number of allylic oxidation sites excluding steroid dienone is 20. The van der Waals surface area contributed by atoms with Crippen LogP contribution in [-0.4, -0.2) is 37.2 Å². The van der Waals surface area contributed by atoms with Gasteiger partial charge in [0.05, 0.1) is 0 Å². The lowest BCUT2D eigenvalue weighted by molar-refractivity contribution is -0.167. The second-order valence-corrected chi connectivity index (χ2v) is 16.7. The van der Waals surface area contributed by atoms with Crippen LogP contribution in [-0.2, 0) is 28.6 Å². The van der Waals surface area contributed by atoms with Gasteiger partial charge in [-0.1, -0.05) is 194 Å². The zero-order valence-corrected chi connectivity index (χ0v) is 41.7. The molecule has 0 fully saturated rings. The minimum Gasteiger partial charge on any atom is -0.462 e. The molecule has 0 unspecified atom stereocenters. The molecule has 0 heterocycles. The minimum absolute atomic E-state index is 0.122. The molecule has 0 bridgehead atoms. The first-order chi connectivity index (χ1) is 32.0. The smallest absolute Gasteiger partial charge is 0.306 e. The molecule has 1 atom stereocenters. The zero-order chi connectivity index (χ0) is 47.2. The van der Waals surface area contributed by atoms with Crippen molar-refractivity contribution in [3.63, 3.8) is 0 Å². The molecule has 0 saturated heterocycles. The molecule has 65 heavy (non-hydrogen) atoms. The summed E-state index contributed by atoms with van der Waals surface area (Å²) in [6, 6.07) is 0. The van der Waals surface area contributed by atoms with Crippen molar-refractivity contribution in [2.45, 2.75) is 219 Å². The third-order valence-electron chi connectivity index (χ3n) is 10.4. The van der Waals surface area contributed by atoms with Crippen molar-refractivity contribution in [3.05, 3.63) is 122 Å². The fraction of sp³-hybridized carbons (Fsp3) is 0.610. The van der Waals surface area contributed by atoms with Crippen molar-refractivity contribution in [3.8, 4) is 0 Å². The highest BCUT2D eigenvalue weighted by molar-refractivity contribution is 5.71. The van der Waals surface area contributed by atoms with Crippen molar-refractivity contribution >= 4 is 17.9 Å². The van der Waals surface area contributed by atoms with E-state index >= 15 is 0 Å². The molecule has 0 aliphatic heterocycles.